The lowest BCUT2D eigenvalue weighted by atomic mass is 9.98. The summed E-state index contributed by atoms with van der Waals surface area (Å²) in [4.78, 5) is 12.0. The number of halogens is 8. The van der Waals surface area contributed by atoms with Gasteiger partial charge < -0.3 is 4.90 Å². The zero-order chi connectivity index (χ0) is 16.4. The molecule has 0 aromatic heterocycles. The van der Waals surface area contributed by atoms with E-state index in [0.717, 1.165) is 0 Å². The van der Waals surface area contributed by atoms with Gasteiger partial charge in [0, 0.05) is 19.5 Å². The second kappa shape index (κ2) is 6.13. The molecule has 0 radical (unpaired) electrons. The monoisotopic (exact) mass is 315 g/mol. The third-order valence-electron chi connectivity index (χ3n) is 2.64. The molecular weight excluding hydrogens is 302 g/mol. The fourth-order valence-electron chi connectivity index (χ4n) is 1.47. The molecule has 0 spiro atoms. The first kappa shape index (κ1) is 18.9. The van der Waals surface area contributed by atoms with E-state index in [1.54, 1.807) is 0 Å². The molecule has 0 saturated heterocycles. The number of amides is 1. The first-order chi connectivity index (χ1) is 8.78. The fourth-order valence-corrected chi connectivity index (χ4v) is 1.47. The molecule has 1 atom stereocenters. The summed E-state index contributed by atoms with van der Waals surface area (Å²) in [6, 6.07) is 0. The largest absolute Gasteiger partial charge is 0.453 e. The summed E-state index contributed by atoms with van der Waals surface area (Å²) in [5, 5.41) is 0. The molecule has 0 saturated carbocycles. The Morgan fingerprint density at radius 3 is 1.60 bits per heavy atom. The number of carbonyl (C=O) groups is 1. The quantitative estimate of drug-likeness (QED) is 0.710. The number of nitrogens with zero attached hydrogens (tertiary/aromatic N) is 1. The second-order valence-corrected chi connectivity index (χ2v) is 4.01. The molecule has 0 aromatic carbocycles. The molecule has 120 valence electrons. The van der Waals surface area contributed by atoms with Crippen molar-refractivity contribution in [2.24, 2.45) is 5.92 Å². The van der Waals surface area contributed by atoms with E-state index in [1.165, 1.54) is 13.8 Å². The van der Waals surface area contributed by atoms with Gasteiger partial charge in [-0.2, -0.15) is 35.1 Å². The van der Waals surface area contributed by atoms with Crippen molar-refractivity contribution in [2.45, 2.75) is 38.5 Å². The first-order valence-corrected chi connectivity index (χ1v) is 5.58. The highest BCUT2D eigenvalue weighted by molar-refractivity contribution is 5.79. The highest BCUT2D eigenvalue weighted by Gasteiger charge is 2.62. The van der Waals surface area contributed by atoms with Crippen LogP contribution >= 0.6 is 0 Å². The van der Waals surface area contributed by atoms with Gasteiger partial charge in [-0.1, -0.05) is 0 Å². The van der Waals surface area contributed by atoms with Crippen LogP contribution in [0, 0.1) is 5.92 Å². The SMILES string of the molecule is CCN(CC)C(=O)C(CC(F)(F)C(F)(F)F)C(F)(F)F. The van der Waals surface area contributed by atoms with Gasteiger partial charge in [0.1, 0.15) is 5.92 Å². The number of hydrogen-bond acceptors (Lipinski definition) is 1. The van der Waals surface area contributed by atoms with Gasteiger partial charge in [0.2, 0.25) is 5.91 Å². The predicted octanol–water partition coefficient (Wildman–Crippen LogP) is 3.62. The van der Waals surface area contributed by atoms with E-state index in [-0.39, 0.29) is 13.1 Å². The summed E-state index contributed by atoms with van der Waals surface area (Å²) in [6.07, 6.45) is -14.3. The maximum Gasteiger partial charge on any atom is 0.453 e. The molecule has 10 heteroatoms. The summed E-state index contributed by atoms with van der Waals surface area (Å²) < 4.78 is 99.1. The molecule has 1 amide bonds. The van der Waals surface area contributed by atoms with Gasteiger partial charge >= 0.3 is 18.3 Å². The van der Waals surface area contributed by atoms with Gasteiger partial charge in [-0.3, -0.25) is 4.79 Å². The molecule has 0 aliphatic carbocycles. The minimum Gasteiger partial charge on any atom is -0.343 e. The van der Waals surface area contributed by atoms with Crippen molar-refractivity contribution in [3.05, 3.63) is 0 Å². The Morgan fingerprint density at radius 1 is 0.950 bits per heavy atom. The minimum atomic E-state index is -6.14. The number of rotatable bonds is 5. The van der Waals surface area contributed by atoms with E-state index in [4.69, 9.17) is 0 Å². The van der Waals surface area contributed by atoms with Gasteiger partial charge in [-0.15, -0.1) is 0 Å². The Bertz CT molecular complexity index is 331. The normalized spacial score (nSPS) is 15.1. The van der Waals surface area contributed by atoms with Crippen molar-refractivity contribution in [1.82, 2.24) is 4.90 Å². The molecule has 1 unspecified atom stereocenters. The van der Waals surface area contributed by atoms with Crippen LogP contribution in [0.5, 0.6) is 0 Å². The molecule has 0 rings (SSSR count). The van der Waals surface area contributed by atoms with Crippen molar-refractivity contribution in [3.63, 3.8) is 0 Å². The zero-order valence-electron chi connectivity index (χ0n) is 10.6. The topological polar surface area (TPSA) is 20.3 Å². The van der Waals surface area contributed by atoms with E-state index < -0.39 is 36.5 Å². The van der Waals surface area contributed by atoms with Crippen LogP contribution in [0.25, 0.3) is 0 Å². The van der Waals surface area contributed by atoms with Gasteiger partial charge in [0.05, 0.1) is 0 Å². The Hall–Kier alpha value is -1.09. The van der Waals surface area contributed by atoms with Crippen LogP contribution in [0.4, 0.5) is 35.1 Å². The molecule has 0 aliphatic heterocycles. The Balaban J connectivity index is 5.37. The smallest absolute Gasteiger partial charge is 0.343 e. The molecule has 0 bridgehead atoms. The van der Waals surface area contributed by atoms with Crippen LogP contribution in [0.1, 0.15) is 20.3 Å². The third-order valence-corrected chi connectivity index (χ3v) is 2.64. The molecular formula is C10H13F8NO. The Kier molecular flexibility index (Phi) is 5.79. The van der Waals surface area contributed by atoms with E-state index in [0.29, 0.717) is 4.90 Å². The van der Waals surface area contributed by atoms with Crippen LogP contribution in [0.3, 0.4) is 0 Å². The number of hydrogen-bond donors (Lipinski definition) is 0. The lowest BCUT2D eigenvalue weighted by molar-refractivity contribution is -0.298. The summed E-state index contributed by atoms with van der Waals surface area (Å²) in [7, 11) is 0. The molecule has 2 nitrogen and oxygen atoms in total. The van der Waals surface area contributed by atoms with Crippen LogP contribution in [0.15, 0.2) is 0 Å². The van der Waals surface area contributed by atoms with Gasteiger partial charge in [0.15, 0.2) is 0 Å². The summed E-state index contributed by atoms with van der Waals surface area (Å²) in [6.45, 7) is 2.13. The highest BCUT2D eigenvalue weighted by atomic mass is 19.4. The molecule has 0 heterocycles. The molecule has 20 heavy (non-hydrogen) atoms. The van der Waals surface area contributed by atoms with Crippen molar-refractivity contribution < 1.29 is 39.9 Å². The molecule has 0 aliphatic rings. The first-order valence-electron chi connectivity index (χ1n) is 5.58. The van der Waals surface area contributed by atoms with Crippen LogP contribution < -0.4 is 0 Å². The predicted molar refractivity (Wildman–Crippen MR) is 53.1 cm³/mol. The Labute approximate surface area is 109 Å². The summed E-state index contributed by atoms with van der Waals surface area (Å²) in [5.41, 5.74) is 0. The van der Waals surface area contributed by atoms with E-state index >= 15 is 0 Å². The molecule has 0 N–H and O–H groups in total. The zero-order valence-corrected chi connectivity index (χ0v) is 10.6. The van der Waals surface area contributed by atoms with Gasteiger partial charge in [0.25, 0.3) is 0 Å². The number of alkyl halides is 8. The Morgan fingerprint density at radius 2 is 1.35 bits per heavy atom. The van der Waals surface area contributed by atoms with E-state index in [1.807, 2.05) is 0 Å². The summed E-state index contributed by atoms with van der Waals surface area (Å²) in [5.74, 6) is -10.8. The van der Waals surface area contributed by atoms with Crippen molar-refractivity contribution >= 4 is 5.91 Å². The third kappa shape index (κ3) is 4.48. The average Bonchev–Trinajstić information content (AvgIpc) is 2.24. The highest BCUT2D eigenvalue weighted by Crippen LogP contribution is 2.44. The summed E-state index contributed by atoms with van der Waals surface area (Å²) >= 11 is 0. The van der Waals surface area contributed by atoms with Crippen LogP contribution in [0.2, 0.25) is 0 Å². The second-order valence-electron chi connectivity index (χ2n) is 4.01. The lowest BCUT2D eigenvalue weighted by Crippen LogP contribution is -2.48. The van der Waals surface area contributed by atoms with Crippen LogP contribution in [-0.2, 0) is 4.79 Å². The van der Waals surface area contributed by atoms with Crippen molar-refractivity contribution in [2.75, 3.05) is 13.1 Å². The van der Waals surface area contributed by atoms with Crippen molar-refractivity contribution in [3.8, 4) is 0 Å². The number of carbonyl (C=O) groups excluding carboxylic acids is 1. The van der Waals surface area contributed by atoms with E-state index in [9.17, 15) is 39.9 Å². The standard InChI is InChI=1S/C10H13F8NO/c1-3-19(4-2)7(20)6(9(13,14)15)5-8(11,12)10(16,17)18/h6H,3-5H2,1-2H3. The lowest BCUT2D eigenvalue weighted by Gasteiger charge is -2.29. The molecule has 0 fully saturated rings. The maximum absolute atomic E-state index is 12.7. The minimum absolute atomic E-state index is 0.223. The van der Waals surface area contributed by atoms with Crippen LogP contribution in [-0.4, -0.2) is 42.2 Å². The van der Waals surface area contributed by atoms with Gasteiger partial charge in [-0.25, -0.2) is 0 Å². The van der Waals surface area contributed by atoms with Crippen molar-refractivity contribution in [1.29, 1.82) is 0 Å². The maximum atomic E-state index is 12.7. The van der Waals surface area contributed by atoms with E-state index in [2.05, 4.69) is 0 Å². The fraction of sp³-hybridized carbons (Fsp3) is 0.900. The van der Waals surface area contributed by atoms with Gasteiger partial charge in [-0.05, 0) is 13.8 Å². The molecule has 0 aromatic rings. The average molecular weight is 315 g/mol.